The van der Waals surface area contributed by atoms with Gasteiger partial charge in [0.25, 0.3) is 0 Å². The van der Waals surface area contributed by atoms with E-state index in [-0.39, 0.29) is 34.6 Å². The minimum Gasteiger partial charge on any atom is -0.468 e. The number of amides is 2. The van der Waals surface area contributed by atoms with Crippen LogP contribution in [0, 0.1) is 0 Å². The lowest BCUT2D eigenvalue weighted by Crippen LogP contribution is -2.38. The molecule has 6 aromatic rings. The molecule has 6 heterocycles. The number of nitrogens with one attached hydrogen (secondary N) is 1. The number of carbonyl (C=O) groups excluding carboxylic acids is 3. The fraction of sp³-hybridized carbons (Fsp3) is 0.205. The Balaban J connectivity index is 0.000000177. The standard InChI is InChI=1S/C21H18Cl2N4O3S.C18H14Cl2N4OS/c1-26-21-18(19(25-26)15-5-3-4-8-24-15)20(13-7-6-12(22)9-14(13)23)31-11-16(28)27(21)10-17(29)30-2;1-24-18-15(16(23-24)13-4-2-3-7-21-13)17(26-9-14(25)22-18)11-6-5-10(19)8-12(11)20/h3-9,20H,10-11H2,1-2H3;2-8,17H,9H2,1H3,(H,22,25). The molecule has 2 aliphatic rings. The van der Waals surface area contributed by atoms with E-state index < -0.39 is 5.97 Å². The molecule has 8 rings (SSSR count). The van der Waals surface area contributed by atoms with Crippen molar-refractivity contribution < 1.29 is 19.1 Å². The Morgan fingerprint density at radius 3 is 1.86 bits per heavy atom. The van der Waals surface area contributed by atoms with E-state index in [1.165, 1.54) is 35.5 Å². The number of fused-ring (bicyclic) bond motifs is 2. The summed E-state index contributed by atoms with van der Waals surface area (Å²) < 4.78 is 8.10. The maximum atomic E-state index is 13.0. The second kappa shape index (κ2) is 17.5. The molecule has 2 atom stereocenters. The van der Waals surface area contributed by atoms with E-state index in [9.17, 15) is 14.4 Å². The van der Waals surface area contributed by atoms with Crippen LogP contribution < -0.4 is 10.2 Å². The fourth-order valence-corrected chi connectivity index (χ4v) is 10.1. The van der Waals surface area contributed by atoms with Crippen LogP contribution in [-0.4, -0.2) is 72.5 Å². The van der Waals surface area contributed by atoms with Crippen molar-refractivity contribution in [3.8, 4) is 22.8 Å². The summed E-state index contributed by atoms with van der Waals surface area (Å²) in [5.41, 5.74) is 6.09. The number of halogens is 4. The molecule has 0 saturated heterocycles. The number of thioether (sulfide) groups is 2. The van der Waals surface area contributed by atoms with Gasteiger partial charge in [0.2, 0.25) is 11.8 Å². The van der Waals surface area contributed by atoms with Gasteiger partial charge in [-0.1, -0.05) is 70.7 Å². The molecule has 12 nitrogen and oxygen atoms in total. The Hall–Kier alpha value is -4.57. The monoisotopic (exact) mass is 880 g/mol. The molecule has 292 valence electrons. The van der Waals surface area contributed by atoms with Crippen LogP contribution in [0.4, 0.5) is 11.6 Å². The Morgan fingerprint density at radius 1 is 0.772 bits per heavy atom. The number of aromatic nitrogens is 6. The normalized spacial score (nSPS) is 16.4. The number of rotatable bonds is 6. The van der Waals surface area contributed by atoms with Crippen LogP contribution in [0.5, 0.6) is 0 Å². The first kappa shape index (κ1) is 40.6. The van der Waals surface area contributed by atoms with Crippen molar-refractivity contribution in [2.24, 2.45) is 14.1 Å². The third kappa shape index (κ3) is 8.52. The minimum absolute atomic E-state index is 0.0700. The van der Waals surface area contributed by atoms with Gasteiger partial charge in [0.15, 0.2) is 0 Å². The van der Waals surface area contributed by atoms with Crippen molar-refractivity contribution in [1.82, 2.24) is 29.5 Å². The number of benzene rings is 2. The van der Waals surface area contributed by atoms with E-state index in [2.05, 4.69) is 25.5 Å². The number of ether oxygens (including phenoxy) is 1. The van der Waals surface area contributed by atoms with Crippen molar-refractivity contribution >= 4 is 99.3 Å². The molecule has 2 aliphatic heterocycles. The van der Waals surface area contributed by atoms with Crippen LogP contribution in [0.1, 0.15) is 32.8 Å². The maximum Gasteiger partial charge on any atom is 0.325 e. The van der Waals surface area contributed by atoms with Crippen LogP contribution in [-0.2, 0) is 33.2 Å². The Kier molecular flexibility index (Phi) is 12.5. The molecular weight excluding hydrogens is 850 g/mol. The van der Waals surface area contributed by atoms with Crippen molar-refractivity contribution in [1.29, 1.82) is 0 Å². The second-order valence-corrected chi connectivity index (χ2v) is 16.6. The van der Waals surface area contributed by atoms with E-state index >= 15 is 0 Å². The van der Waals surface area contributed by atoms with Crippen LogP contribution in [0.25, 0.3) is 22.8 Å². The summed E-state index contributed by atoms with van der Waals surface area (Å²) in [6, 6.07) is 21.9. The lowest BCUT2D eigenvalue weighted by Gasteiger charge is -2.21. The molecule has 0 bridgehead atoms. The number of pyridine rings is 2. The lowest BCUT2D eigenvalue weighted by atomic mass is 10.0. The molecule has 0 fully saturated rings. The fourth-order valence-electron chi connectivity index (χ4n) is 6.53. The number of anilines is 2. The number of aryl methyl sites for hydroxylation is 2. The average Bonchev–Trinajstić information content (AvgIpc) is 3.58. The van der Waals surface area contributed by atoms with Crippen molar-refractivity contribution in [3.63, 3.8) is 0 Å². The molecule has 18 heteroatoms. The first-order valence-corrected chi connectivity index (χ1v) is 20.8. The molecule has 57 heavy (non-hydrogen) atoms. The predicted molar refractivity (Wildman–Crippen MR) is 227 cm³/mol. The van der Waals surface area contributed by atoms with Crippen LogP contribution in [0.15, 0.2) is 85.2 Å². The Labute approximate surface area is 356 Å². The maximum absolute atomic E-state index is 13.0. The zero-order valence-corrected chi connectivity index (χ0v) is 35.1. The molecule has 0 aliphatic carbocycles. The van der Waals surface area contributed by atoms with E-state index in [0.29, 0.717) is 48.9 Å². The van der Waals surface area contributed by atoms with Gasteiger partial charge in [-0.2, -0.15) is 10.2 Å². The Morgan fingerprint density at radius 2 is 1.32 bits per heavy atom. The molecule has 2 aromatic carbocycles. The number of hydrogen-bond acceptors (Lipinski definition) is 10. The van der Waals surface area contributed by atoms with Gasteiger partial charge in [-0.05, 0) is 59.7 Å². The van der Waals surface area contributed by atoms with Crippen molar-refractivity contribution in [2.45, 2.75) is 10.5 Å². The van der Waals surface area contributed by atoms with Gasteiger partial charge in [-0.15, -0.1) is 23.5 Å². The number of nitrogens with zero attached hydrogens (tertiary/aromatic N) is 7. The molecule has 2 unspecified atom stereocenters. The summed E-state index contributed by atoms with van der Waals surface area (Å²) in [6.07, 6.45) is 3.41. The van der Waals surface area contributed by atoms with Crippen LogP contribution in [0.2, 0.25) is 20.1 Å². The summed E-state index contributed by atoms with van der Waals surface area (Å²) in [7, 11) is 4.83. The number of carbonyl (C=O) groups is 3. The van der Waals surface area contributed by atoms with Gasteiger partial charge in [0.1, 0.15) is 29.6 Å². The quantitative estimate of drug-likeness (QED) is 0.162. The van der Waals surface area contributed by atoms with Gasteiger partial charge in [-0.3, -0.25) is 38.6 Å². The first-order valence-electron chi connectivity index (χ1n) is 17.2. The highest BCUT2D eigenvalue weighted by atomic mass is 35.5. The SMILES string of the molecule is COC(=O)CN1C(=O)CSC(c2ccc(Cl)cc2Cl)c2c(-c3ccccn3)nn(C)c21.Cn1nc(-c2ccccn2)c2c1NC(=O)CSC2c1ccc(Cl)cc1Cl. The van der Waals surface area contributed by atoms with E-state index in [4.69, 9.17) is 51.1 Å². The Bertz CT molecular complexity index is 2490. The van der Waals surface area contributed by atoms with Gasteiger partial charge < -0.3 is 10.1 Å². The van der Waals surface area contributed by atoms with E-state index in [1.807, 2.05) is 55.6 Å². The zero-order chi connectivity index (χ0) is 40.4. The molecule has 0 spiro atoms. The highest BCUT2D eigenvalue weighted by Gasteiger charge is 2.38. The summed E-state index contributed by atoms with van der Waals surface area (Å²) >= 11 is 28.1. The largest absolute Gasteiger partial charge is 0.468 e. The van der Waals surface area contributed by atoms with Gasteiger partial charge in [-0.25, -0.2) is 0 Å². The molecular formula is C39H32Cl4N8O4S2. The highest BCUT2D eigenvalue weighted by Crippen LogP contribution is 2.50. The van der Waals surface area contributed by atoms with Crippen LogP contribution >= 0.6 is 69.9 Å². The third-order valence-electron chi connectivity index (χ3n) is 9.05. The number of esters is 1. The topological polar surface area (TPSA) is 137 Å². The van der Waals surface area contributed by atoms with E-state index in [1.54, 1.807) is 53.1 Å². The summed E-state index contributed by atoms with van der Waals surface area (Å²) in [5, 5.41) is 13.9. The van der Waals surface area contributed by atoms with Gasteiger partial charge in [0.05, 0.1) is 40.5 Å². The highest BCUT2D eigenvalue weighted by molar-refractivity contribution is 8.00. The average molecular weight is 883 g/mol. The van der Waals surface area contributed by atoms with Crippen molar-refractivity contribution in [2.75, 3.05) is 35.4 Å². The molecule has 1 N–H and O–H groups in total. The number of methoxy groups -OCH3 is 1. The van der Waals surface area contributed by atoms with Gasteiger partial charge >= 0.3 is 5.97 Å². The lowest BCUT2D eigenvalue weighted by molar-refractivity contribution is -0.139. The third-order valence-corrected chi connectivity index (χ3v) is 12.7. The predicted octanol–water partition coefficient (Wildman–Crippen LogP) is 8.69. The molecule has 4 aromatic heterocycles. The molecule has 0 saturated carbocycles. The smallest absolute Gasteiger partial charge is 0.325 e. The second-order valence-electron chi connectivity index (χ2n) is 12.7. The summed E-state index contributed by atoms with van der Waals surface area (Å²) in [5.74, 6) is 0.831. The minimum atomic E-state index is -0.520. The van der Waals surface area contributed by atoms with Gasteiger partial charge in [0, 0.05) is 57.7 Å². The summed E-state index contributed by atoms with van der Waals surface area (Å²) in [6.45, 7) is -0.217. The first-order chi connectivity index (χ1) is 27.4. The van der Waals surface area contributed by atoms with Crippen molar-refractivity contribution in [3.05, 3.63) is 128 Å². The van der Waals surface area contributed by atoms with E-state index in [0.717, 1.165) is 33.6 Å². The molecule has 2 amide bonds. The molecule has 0 radical (unpaired) electrons. The zero-order valence-electron chi connectivity index (χ0n) is 30.5. The number of hydrogen-bond donors (Lipinski definition) is 1. The van der Waals surface area contributed by atoms with Crippen LogP contribution in [0.3, 0.4) is 0 Å². The summed E-state index contributed by atoms with van der Waals surface area (Å²) in [4.78, 5) is 47.6.